The van der Waals surface area contributed by atoms with Gasteiger partial charge in [0.2, 0.25) is 15.9 Å². The first-order valence-electron chi connectivity index (χ1n) is 10.2. The van der Waals surface area contributed by atoms with Gasteiger partial charge >= 0.3 is 0 Å². The molecule has 0 radical (unpaired) electrons. The van der Waals surface area contributed by atoms with Crippen molar-refractivity contribution in [1.82, 2.24) is 19.5 Å². The topological polar surface area (TPSA) is 82.6 Å². The third-order valence-electron chi connectivity index (χ3n) is 4.97. The Hall–Kier alpha value is -3.07. The summed E-state index contributed by atoms with van der Waals surface area (Å²) >= 11 is 0. The first kappa shape index (κ1) is 23.6. The molecule has 1 aromatic heterocycles. The molecule has 3 aromatic rings. The van der Waals surface area contributed by atoms with E-state index in [0.717, 1.165) is 27.5 Å². The lowest BCUT2D eigenvalue weighted by atomic mass is 9.98. The number of carbonyl (C=O) groups is 1. The summed E-state index contributed by atoms with van der Waals surface area (Å²) in [6.07, 6.45) is 2.77. The van der Waals surface area contributed by atoms with Crippen molar-refractivity contribution in [2.45, 2.75) is 18.0 Å². The number of pyridine rings is 1. The van der Waals surface area contributed by atoms with E-state index in [-0.39, 0.29) is 17.3 Å². The van der Waals surface area contributed by atoms with Crippen molar-refractivity contribution < 1.29 is 13.2 Å². The van der Waals surface area contributed by atoms with Crippen LogP contribution in [0.3, 0.4) is 0 Å². The van der Waals surface area contributed by atoms with Crippen LogP contribution in [-0.4, -0.2) is 56.2 Å². The molecule has 0 aliphatic heterocycles. The third kappa shape index (κ3) is 6.00. The normalized spacial score (nSPS) is 11.7. The Morgan fingerprint density at radius 3 is 2.34 bits per heavy atom. The predicted octanol–water partition coefficient (Wildman–Crippen LogP) is 2.75. The highest BCUT2D eigenvalue weighted by molar-refractivity contribution is 7.89. The summed E-state index contributed by atoms with van der Waals surface area (Å²) in [5.41, 5.74) is 4.27. The Balaban J connectivity index is 1.65. The molecule has 1 amide bonds. The van der Waals surface area contributed by atoms with Crippen molar-refractivity contribution in [3.05, 3.63) is 84.2 Å². The maximum absolute atomic E-state index is 12.6. The van der Waals surface area contributed by atoms with Crippen molar-refractivity contribution in [3.8, 4) is 11.1 Å². The number of rotatable bonds is 9. The highest BCUT2D eigenvalue weighted by Gasteiger charge is 2.23. The van der Waals surface area contributed by atoms with Crippen LogP contribution in [0, 0.1) is 0 Å². The van der Waals surface area contributed by atoms with Crippen molar-refractivity contribution in [1.29, 1.82) is 0 Å². The number of carbonyl (C=O) groups excluding carboxylic acids is 1. The number of benzene rings is 2. The monoisotopic (exact) mass is 452 g/mol. The van der Waals surface area contributed by atoms with Crippen LogP contribution in [0.25, 0.3) is 11.1 Å². The molecule has 168 valence electrons. The first-order chi connectivity index (χ1) is 15.3. The van der Waals surface area contributed by atoms with E-state index < -0.39 is 10.0 Å². The standard InChI is InChI=1S/C24H28N4O3S/c1-27(2)17-19-10-12-20(13-11-19)23-9-5-4-7-21(23)15-26-24(29)18-28(3)32(30,31)22-8-6-14-25-16-22/h4-14,16H,15,17-18H2,1-3H3,(H,26,29). The lowest BCUT2D eigenvalue weighted by Crippen LogP contribution is -2.38. The molecule has 0 aliphatic rings. The minimum Gasteiger partial charge on any atom is -0.351 e. The molecule has 0 aliphatic carbocycles. The van der Waals surface area contributed by atoms with Crippen LogP contribution >= 0.6 is 0 Å². The molecule has 2 aromatic carbocycles. The van der Waals surface area contributed by atoms with E-state index in [9.17, 15) is 13.2 Å². The van der Waals surface area contributed by atoms with E-state index in [1.807, 2.05) is 38.4 Å². The predicted molar refractivity (Wildman–Crippen MR) is 125 cm³/mol. The van der Waals surface area contributed by atoms with Crippen LogP contribution < -0.4 is 5.32 Å². The maximum Gasteiger partial charge on any atom is 0.244 e. The zero-order chi connectivity index (χ0) is 23.1. The van der Waals surface area contributed by atoms with Gasteiger partial charge in [0.25, 0.3) is 0 Å². The van der Waals surface area contributed by atoms with E-state index in [4.69, 9.17) is 0 Å². The fourth-order valence-electron chi connectivity index (χ4n) is 3.33. The van der Waals surface area contributed by atoms with E-state index in [1.54, 1.807) is 6.07 Å². The number of aromatic nitrogens is 1. The number of hydrogen-bond donors (Lipinski definition) is 1. The first-order valence-corrected chi connectivity index (χ1v) is 11.7. The molecule has 1 N–H and O–H groups in total. The number of likely N-dealkylation sites (N-methyl/N-ethyl adjacent to an activating group) is 1. The zero-order valence-electron chi connectivity index (χ0n) is 18.5. The molecule has 32 heavy (non-hydrogen) atoms. The molecule has 1 heterocycles. The summed E-state index contributed by atoms with van der Waals surface area (Å²) < 4.78 is 26.2. The third-order valence-corrected chi connectivity index (χ3v) is 6.75. The molecule has 0 saturated heterocycles. The Morgan fingerprint density at radius 1 is 0.969 bits per heavy atom. The summed E-state index contributed by atoms with van der Waals surface area (Å²) in [5.74, 6) is -0.379. The van der Waals surface area contributed by atoms with Crippen molar-refractivity contribution in [3.63, 3.8) is 0 Å². The molecule has 0 fully saturated rings. The van der Waals surface area contributed by atoms with Gasteiger partial charge in [-0.3, -0.25) is 9.78 Å². The van der Waals surface area contributed by atoms with Gasteiger partial charge in [-0.1, -0.05) is 48.5 Å². The van der Waals surface area contributed by atoms with Crippen LogP contribution in [0.2, 0.25) is 0 Å². The summed E-state index contributed by atoms with van der Waals surface area (Å²) in [5, 5.41) is 2.83. The van der Waals surface area contributed by atoms with Crippen LogP contribution in [0.5, 0.6) is 0 Å². The summed E-state index contributed by atoms with van der Waals surface area (Å²) in [4.78, 5) is 18.5. The maximum atomic E-state index is 12.6. The largest absolute Gasteiger partial charge is 0.351 e. The summed E-state index contributed by atoms with van der Waals surface area (Å²) in [6, 6.07) is 19.2. The Morgan fingerprint density at radius 2 is 1.69 bits per heavy atom. The van der Waals surface area contributed by atoms with Crippen LogP contribution in [0.4, 0.5) is 0 Å². The second-order valence-corrected chi connectivity index (χ2v) is 9.86. The molecule has 0 bridgehead atoms. The molecule has 8 heteroatoms. The Labute approximate surface area is 189 Å². The molecule has 3 rings (SSSR count). The van der Waals surface area contributed by atoms with E-state index in [2.05, 4.69) is 39.5 Å². The smallest absolute Gasteiger partial charge is 0.244 e. The Bertz CT molecular complexity index is 1150. The van der Waals surface area contributed by atoms with Gasteiger partial charge in [-0.2, -0.15) is 4.31 Å². The van der Waals surface area contributed by atoms with E-state index in [0.29, 0.717) is 6.54 Å². The number of sulfonamides is 1. The van der Waals surface area contributed by atoms with Gasteiger partial charge in [0.1, 0.15) is 4.90 Å². The van der Waals surface area contributed by atoms with Crippen LogP contribution in [-0.2, 0) is 27.9 Å². The summed E-state index contributed by atoms with van der Waals surface area (Å²) in [7, 11) is 1.67. The highest BCUT2D eigenvalue weighted by atomic mass is 32.2. The number of hydrogen-bond acceptors (Lipinski definition) is 5. The minimum atomic E-state index is -3.77. The van der Waals surface area contributed by atoms with E-state index in [1.165, 1.54) is 31.1 Å². The molecule has 0 unspecified atom stereocenters. The average Bonchev–Trinajstić information content (AvgIpc) is 2.78. The van der Waals surface area contributed by atoms with Gasteiger partial charge in [0, 0.05) is 32.5 Å². The number of amides is 1. The van der Waals surface area contributed by atoms with Gasteiger partial charge in [-0.15, -0.1) is 0 Å². The highest BCUT2D eigenvalue weighted by Crippen LogP contribution is 2.24. The minimum absolute atomic E-state index is 0.0540. The fourth-order valence-corrected chi connectivity index (χ4v) is 4.42. The van der Waals surface area contributed by atoms with Crippen LogP contribution in [0.15, 0.2) is 78.0 Å². The van der Waals surface area contributed by atoms with Gasteiger partial charge in [0.15, 0.2) is 0 Å². The van der Waals surface area contributed by atoms with E-state index >= 15 is 0 Å². The molecular weight excluding hydrogens is 424 g/mol. The quantitative estimate of drug-likeness (QED) is 0.540. The number of nitrogens with one attached hydrogen (secondary N) is 1. The Kier molecular flexibility index (Phi) is 7.74. The molecule has 0 saturated carbocycles. The van der Waals surface area contributed by atoms with Gasteiger partial charge in [0.05, 0.1) is 6.54 Å². The molecule has 0 atom stereocenters. The molecule has 7 nitrogen and oxygen atoms in total. The van der Waals surface area contributed by atoms with Crippen molar-refractivity contribution in [2.75, 3.05) is 27.7 Å². The number of nitrogens with zero attached hydrogens (tertiary/aromatic N) is 3. The van der Waals surface area contributed by atoms with Gasteiger partial charge in [-0.05, 0) is 48.5 Å². The SMILES string of the molecule is CN(C)Cc1ccc(-c2ccccc2CNC(=O)CN(C)S(=O)(=O)c2cccnc2)cc1. The second kappa shape index (κ2) is 10.5. The fraction of sp³-hybridized carbons (Fsp3) is 0.250. The average molecular weight is 453 g/mol. The second-order valence-electron chi connectivity index (χ2n) is 7.82. The molecule has 0 spiro atoms. The van der Waals surface area contributed by atoms with Crippen LogP contribution in [0.1, 0.15) is 11.1 Å². The van der Waals surface area contributed by atoms with Crippen molar-refractivity contribution in [2.24, 2.45) is 0 Å². The van der Waals surface area contributed by atoms with Crippen molar-refractivity contribution >= 4 is 15.9 Å². The lowest BCUT2D eigenvalue weighted by Gasteiger charge is -2.17. The van der Waals surface area contributed by atoms with Gasteiger partial charge < -0.3 is 10.2 Å². The zero-order valence-corrected chi connectivity index (χ0v) is 19.3. The lowest BCUT2D eigenvalue weighted by molar-refractivity contribution is -0.121. The van der Waals surface area contributed by atoms with Gasteiger partial charge in [-0.25, -0.2) is 8.42 Å². The summed E-state index contributed by atoms with van der Waals surface area (Å²) in [6.45, 7) is 0.890. The molecular formula is C24H28N4O3S.